The summed E-state index contributed by atoms with van der Waals surface area (Å²) in [5, 5.41) is 9.97. The van der Waals surface area contributed by atoms with Crippen LogP contribution < -0.4 is 4.90 Å². The fraction of sp³-hybridized carbons (Fsp3) is 0.467. The number of nitrogens with zero attached hydrogens (tertiary/aromatic N) is 1. The zero-order valence-electron chi connectivity index (χ0n) is 10.3. The third-order valence-corrected chi connectivity index (χ3v) is 3.34. The lowest BCUT2D eigenvalue weighted by molar-refractivity contribution is 0.170. The molecule has 0 spiro atoms. The molecule has 0 amide bonds. The van der Waals surface area contributed by atoms with Gasteiger partial charge in [-0.05, 0) is 37.3 Å². The Morgan fingerprint density at radius 3 is 3.06 bits per heavy atom. The molecule has 2 heteroatoms. The molecule has 1 aliphatic heterocycles. The normalized spacial score (nSPS) is 16.4. The zero-order chi connectivity index (χ0) is 12.1. The van der Waals surface area contributed by atoms with Crippen molar-refractivity contribution in [3.8, 4) is 0 Å². The molecule has 1 atom stereocenters. The fourth-order valence-corrected chi connectivity index (χ4v) is 2.46. The molecule has 2 rings (SSSR count). The molecule has 1 N–H and O–H groups in total. The van der Waals surface area contributed by atoms with Crippen molar-refractivity contribution in [1.82, 2.24) is 0 Å². The van der Waals surface area contributed by atoms with Gasteiger partial charge in [0.2, 0.25) is 0 Å². The smallest absolute Gasteiger partial charge is 0.0718 e. The molecule has 0 saturated carbocycles. The predicted octanol–water partition coefficient (Wildman–Crippen LogP) is 2.77. The highest BCUT2D eigenvalue weighted by Gasteiger charge is 2.18. The van der Waals surface area contributed by atoms with Gasteiger partial charge in [-0.15, -0.1) is 6.58 Å². The summed E-state index contributed by atoms with van der Waals surface area (Å²) in [6, 6.07) is 8.52. The Bertz CT molecular complexity index is 375. The lowest BCUT2D eigenvalue weighted by Gasteiger charge is -2.32. The minimum atomic E-state index is -0.251. The van der Waals surface area contributed by atoms with Crippen LogP contribution in [-0.4, -0.2) is 24.3 Å². The molecule has 0 aliphatic carbocycles. The Labute approximate surface area is 104 Å². The molecule has 0 fully saturated rings. The molecule has 1 aromatic carbocycles. The molecule has 92 valence electrons. The average molecular weight is 231 g/mol. The maximum absolute atomic E-state index is 9.97. The van der Waals surface area contributed by atoms with Crippen LogP contribution in [0.3, 0.4) is 0 Å². The standard InChI is InChI=1S/C15H21NO/c1-2-3-9-14(17)12-16-11-6-8-13-7-4-5-10-15(13)16/h2,4-5,7,10,14,17H,1,3,6,8-9,11-12H2. The summed E-state index contributed by atoms with van der Waals surface area (Å²) in [5.41, 5.74) is 2.71. The molecule has 0 aromatic heterocycles. The lowest BCUT2D eigenvalue weighted by Crippen LogP contribution is -2.36. The van der Waals surface area contributed by atoms with Crippen molar-refractivity contribution in [3.63, 3.8) is 0 Å². The van der Waals surface area contributed by atoms with Gasteiger partial charge in [0.05, 0.1) is 6.10 Å². The summed E-state index contributed by atoms with van der Waals surface area (Å²) >= 11 is 0. The van der Waals surface area contributed by atoms with Gasteiger partial charge in [0, 0.05) is 18.8 Å². The van der Waals surface area contributed by atoms with Gasteiger partial charge in [0.25, 0.3) is 0 Å². The van der Waals surface area contributed by atoms with Crippen LogP contribution >= 0.6 is 0 Å². The van der Waals surface area contributed by atoms with E-state index in [-0.39, 0.29) is 6.10 Å². The van der Waals surface area contributed by atoms with Gasteiger partial charge in [-0.2, -0.15) is 0 Å². The lowest BCUT2D eigenvalue weighted by atomic mass is 10.0. The number of aryl methyl sites for hydroxylation is 1. The summed E-state index contributed by atoms with van der Waals surface area (Å²) < 4.78 is 0. The number of hydrogen-bond donors (Lipinski definition) is 1. The molecular weight excluding hydrogens is 210 g/mol. The molecule has 0 bridgehead atoms. The average Bonchev–Trinajstić information content (AvgIpc) is 2.37. The van der Waals surface area contributed by atoms with Crippen molar-refractivity contribution in [2.45, 2.75) is 31.8 Å². The van der Waals surface area contributed by atoms with Crippen molar-refractivity contribution >= 4 is 5.69 Å². The molecular formula is C15H21NO. The van der Waals surface area contributed by atoms with Gasteiger partial charge in [-0.25, -0.2) is 0 Å². The number of β-amino-alcohol motifs (C(OH)–C–C–N with tert-alkyl or cyclic N) is 1. The van der Waals surface area contributed by atoms with Gasteiger partial charge < -0.3 is 10.0 Å². The van der Waals surface area contributed by atoms with Crippen LogP contribution in [0, 0.1) is 0 Å². The third kappa shape index (κ3) is 3.10. The summed E-state index contributed by atoms with van der Waals surface area (Å²) in [7, 11) is 0. The highest BCUT2D eigenvalue weighted by atomic mass is 16.3. The van der Waals surface area contributed by atoms with Gasteiger partial charge in [-0.3, -0.25) is 0 Å². The molecule has 1 unspecified atom stereocenters. The molecule has 1 aliphatic rings. The number of hydrogen-bond acceptors (Lipinski definition) is 2. The Kier molecular flexibility index (Phi) is 4.21. The number of rotatable bonds is 5. The van der Waals surface area contributed by atoms with Gasteiger partial charge in [0.15, 0.2) is 0 Å². The van der Waals surface area contributed by atoms with Crippen molar-refractivity contribution in [2.24, 2.45) is 0 Å². The van der Waals surface area contributed by atoms with Crippen LogP contribution in [-0.2, 0) is 6.42 Å². The van der Waals surface area contributed by atoms with E-state index in [4.69, 9.17) is 0 Å². The van der Waals surface area contributed by atoms with E-state index in [1.165, 1.54) is 17.7 Å². The van der Waals surface area contributed by atoms with E-state index in [0.29, 0.717) is 0 Å². The first-order valence-corrected chi connectivity index (χ1v) is 6.43. The highest BCUT2D eigenvalue weighted by molar-refractivity contribution is 5.55. The predicted molar refractivity (Wildman–Crippen MR) is 72.4 cm³/mol. The number of anilines is 1. The SMILES string of the molecule is C=CCCC(O)CN1CCCc2ccccc21. The van der Waals surface area contributed by atoms with E-state index in [9.17, 15) is 5.11 Å². The Morgan fingerprint density at radius 2 is 2.24 bits per heavy atom. The molecule has 17 heavy (non-hydrogen) atoms. The first kappa shape index (κ1) is 12.2. The van der Waals surface area contributed by atoms with Gasteiger partial charge in [0.1, 0.15) is 0 Å². The first-order valence-electron chi connectivity index (χ1n) is 6.43. The summed E-state index contributed by atoms with van der Waals surface area (Å²) in [6.45, 7) is 5.49. The Morgan fingerprint density at radius 1 is 1.41 bits per heavy atom. The second-order valence-corrected chi connectivity index (χ2v) is 4.70. The van der Waals surface area contributed by atoms with Crippen molar-refractivity contribution in [3.05, 3.63) is 42.5 Å². The van der Waals surface area contributed by atoms with Crippen LogP contribution in [0.2, 0.25) is 0 Å². The van der Waals surface area contributed by atoms with E-state index in [1.54, 1.807) is 0 Å². The number of aliphatic hydroxyl groups excluding tert-OH is 1. The van der Waals surface area contributed by atoms with E-state index < -0.39 is 0 Å². The van der Waals surface area contributed by atoms with E-state index in [1.807, 2.05) is 6.08 Å². The van der Waals surface area contributed by atoms with Crippen LogP contribution in [0.25, 0.3) is 0 Å². The van der Waals surface area contributed by atoms with Gasteiger partial charge in [-0.1, -0.05) is 24.3 Å². The van der Waals surface area contributed by atoms with Crippen LogP contribution in [0.1, 0.15) is 24.8 Å². The minimum absolute atomic E-state index is 0.251. The number of allylic oxidation sites excluding steroid dienone is 1. The van der Waals surface area contributed by atoms with Gasteiger partial charge >= 0.3 is 0 Å². The maximum atomic E-state index is 9.97. The van der Waals surface area contributed by atoms with Crippen molar-refractivity contribution < 1.29 is 5.11 Å². The third-order valence-electron chi connectivity index (χ3n) is 3.34. The number of aliphatic hydroxyl groups is 1. The van der Waals surface area contributed by atoms with Crippen LogP contribution in [0.5, 0.6) is 0 Å². The number of para-hydroxylation sites is 1. The summed E-state index contributed by atoms with van der Waals surface area (Å²) in [5.74, 6) is 0. The molecule has 1 heterocycles. The van der Waals surface area contributed by atoms with E-state index >= 15 is 0 Å². The maximum Gasteiger partial charge on any atom is 0.0718 e. The van der Waals surface area contributed by atoms with Crippen LogP contribution in [0.15, 0.2) is 36.9 Å². The fourth-order valence-electron chi connectivity index (χ4n) is 2.46. The number of fused-ring (bicyclic) bond motifs is 1. The molecule has 2 nitrogen and oxygen atoms in total. The number of benzene rings is 1. The first-order chi connectivity index (χ1) is 8.31. The van der Waals surface area contributed by atoms with E-state index in [2.05, 4.69) is 35.7 Å². The minimum Gasteiger partial charge on any atom is -0.391 e. The van der Waals surface area contributed by atoms with E-state index in [0.717, 1.165) is 32.4 Å². The molecule has 0 radical (unpaired) electrons. The summed E-state index contributed by atoms with van der Waals surface area (Å²) in [4.78, 5) is 2.31. The monoisotopic (exact) mass is 231 g/mol. The van der Waals surface area contributed by atoms with Crippen molar-refractivity contribution in [1.29, 1.82) is 0 Å². The second kappa shape index (κ2) is 5.87. The molecule has 1 aromatic rings. The Balaban J connectivity index is 2.00. The quantitative estimate of drug-likeness (QED) is 0.788. The summed E-state index contributed by atoms with van der Waals surface area (Å²) in [6.07, 6.45) is 5.66. The Hall–Kier alpha value is -1.28. The van der Waals surface area contributed by atoms with Crippen LogP contribution in [0.4, 0.5) is 5.69 Å². The largest absolute Gasteiger partial charge is 0.391 e. The zero-order valence-corrected chi connectivity index (χ0v) is 10.3. The highest BCUT2D eigenvalue weighted by Crippen LogP contribution is 2.26. The second-order valence-electron chi connectivity index (χ2n) is 4.70. The van der Waals surface area contributed by atoms with Crippen molar-refractivity contribution in [2.75, 3.05) is 18.0 Å². The molecule has 0 saturated heterocycles. The topological polar surface area (TPSA) is 23.5 Å².